The SMILES string of the molecule is C=CCCC(CC)Nc1cccc(C(=O)N2CCCC(CO)C2)c1. The molecule has 0 aliphatic carbocycles. The van der Waals surface area contributed by atoms with Gasteiger partial charge < -0.3 is 15.3 Å². The minimum Gasteiger partial charge on any atom is -0.396 e. The number of hydrogen-bond acceptors (Lipinski definition) is 3. The largest absolute Gasteiger partial charge is 0.396 e. The molecule has 1 aliphatic heterocycles. The number of benzene rings is 1. The van der Waals surface area contributed by atoms with Gasteiger partial charge in [-0.25, -0.2) is 0 Å². The van der Waals surface area contributed by atoms with E-state index in [4.69, 9.17) is 0 Å². The number of nitrogens with zero attached hydrogens (tertiary/aromatic N) is 1. The number of hydrogen-bond donors (Lipinski definition) is 2. The average molecular weight is 330 g/mol. The van der Waals surface area contributed by atoms with Crippen LogP contribution in [0.15, 0.2) is 36.9 Å². The Bertz CT molecular complexity index is 544. The third-order valence-corrected chi connectivity index (χ3v) is 4.76. The number of aliphatic hydroxyl groups excluding tert-OH is 1. The van der Waals surface area contributed by atoms with Gasteiger partial charge in [0.05, 0.1) is 0 Å². The highest BCUT2D eigenvalue weighted by atomic mass is 16.3. The Morgan fingerprint density at radius 2 is 2.38 bits per heavy atom. The lowest BCUT2D eigenvalue weighted by atomic mass is 9.98. The molecule has 1 aliphatic rings. The third-order valence-electron chi connectivity index (χ3n) is 4.76. The number of carbonyl (C=O) groups excluding carboxylic acids is 1. The zero-order chi connectivity index (χ0) is 17.4. The molecule has 132 valence electrons. The summed E-state index contributed by atoms with van der Waals surface area (Å²) in [6, 6.07) is 8.16. The smallest absolute Gasteiger partial charge is 0.253 e. The Kier molecular flexibility index (Phi) is 7.32. The van der Waals surface area contributed by atoms with Crippen LogP contribution >= 0.6 is 0 Å². The molecule has 0 radical (unpaired) electrons. The zero-order valence-electron chi connectivity index (χ0n) is 14.7. The summed E-state index contributed by atoms with van der Waals surface area (Å²) < 4.78 is 0. The second kappa shape index (κ2) is 9.48. The number of amides is 1. The molecule has 2 atom stereocenters. The van der Waals surface area contributed by atoms with Crippen molar-refractivity contribution >= 4 is 11.6 Å². The fourth-order valence-electron chi connectivity index (χ4n) is 3.26. The summed E-state index contributed by atoms with van der Waals surface area (Å²) in [5.74, 6) is 0.281. The van der Waals surface area contributed by atoms with E-state index in [1.54, 1.807) is 0 Å². The Morgan fingerprint density at radius 3 is 3.08 bits per heavy atom. The molecule has 0 bridgehead atoms. The molecule has 0 spiro atoms. The van der Waals surface area contributed by atoms with Gasteiger partial charge in [0.25, 0.3) is 5.91 Å². The number of likely N-dealkylation sites (tertiary alicyclic amines) is 1. The van der Waals surface area contributed by atoms with E-state index in [1.165, 1.54) is 0 Å². The predicted octanol–water partition coefficient (Wildman–Crippen LogP) is 3.69. The van der Waals surface area contributed by atoms with Gasteiger partial charge in [-0.15, -0.1) is 6.58 Å². The molecule has 1 aromatic rings. The van der Waals surface area contributed by atoms with E-state index >= 15 is 0 Å². The van der Waals surface area contributed by atoms with Gasteiger partial charge >= 0.3 is 0 Å². The van der Waals surface area contributed by atoms with Crippen molar-refractivity contribution in [3.8, 4) is 0 Å². The van der Waals surface area contributed by atoms with Gasteiger partial charge in [-0.3, -0.25) is 4.79 Å². The van der Waals surface area contributed by atoms with E-state index in [9.17, 15) is 9.90 Å². The number of piperidine rings is 1. The molecule has 2 unspecified atom stereocenters. The molecule has 1 amide bonds. The molecule has 0 aromatic heterocycles. The van der Waals surface area contributed by atoms with Gasteiger partial charge in [0.1, 0.15) is 0 Å². The maximum absolute atomic E-state index is 12.7. The second-order valence-corrected chi connectivity index (χ2v) is 6.64. The van der Waals surface area contributed by atoms with Gasteiger partial charge in [-0.1, -0.05) is 19.1 Å². The van der Waals surface area contributed by atoms with Crippen LogP contribution in [-0.4, -0.2) is 41.7 Å². The van der Waals surface area contributed by atoms with Gasteiger partial charge in [-0.05, 0) is 56.2 Å². The van der Waals surface area contributed by atoms with Crippen LogP contribution in [-0.2, 0) is 0 Å². The first-order chi connectivity index (χ1) is 11.7. The van der Waals surface area contributed by atoms with Crippen LogP contribution in [0.4, 0.5) is 5.69 Å². The van der Waals surface area contributed by atoms with Crippen molar-refractivity contribution in [1.29, 1.82) is 0 Å². The first-order valence-corrected chi connectivity index (χ1v) is 9.05. The molecular formula is C20H30N2O2. The first kappa shape index (κ1) is 18.5. The van der Waals surface area contributed by atoms with Crippen LogP contribution < -0.4 is 5.32 Å². The highest BCUT2D eigenvalue weighted by Gasteiger charge is 2.24. The third kappa shape index (κ3) is 5.10. The molecule has 1 saturated heterocycles. The van der Waals surface area contributed by atoms with Crippen molar-refractivity contribution in [2.24, 2.45) is 5.92 Å². The van der Waals surface area contributed by atoms with Gasteiger partial charge in [0.15, 0.2) is 0 Å². The van der Waals surface area contributed by atoms with Crippen LogP contribution in [0.3, 0.4) is 0 Å². The van der Waals surface area contributed by atoms with E-state index in [0.29, 0.717) is 12.6 Å². The lowest BCUT2D eigenvalue weighted by Crippen LogP contribution is -2.40. The predicted molar refractivity (Wildman–Crippen MR) is 99.3 cm³/mol. The summed E-state index contributed by atoms with van der Waals surface area (Å²) in [5, 5.41) is 12.9. The molecule has 24 heavy (non-hydrogen) atoms. The Morgan fingerprint density at radius 1 is 1.54 bits per heavy atom. The van der Waals surface area contributed by atoms with E-state index in [1.807, 2.05) is 35.2 Å². The molecule has 0 saturated carbocycles. The summed E-state index contributed by atoms with van der Waals surface area (Å²) in [6.45, 7) is 7.54. The molecule has 2 rings (SSSR count). The summed E-state index contributed by atoms with van der Waals surface area (Å²) in [7, 11) is 0. The highest BCUT2D eigenvalue weighted by molar-refractivity contribution is 5.95. The number of anilines is 1. The van der Waals surface area contributed by atoms with Crippen LogP contribution in [0.2, 0.25) is 0 Å². The summed E-state index contributed by atoms with van der Waals surface area (Å²) in [4.78, 5) is 14.6. The van der Waals surface area contributed by atoms with Crippen molar-refractivity contribution in [1.82, 2.24) is 4.90 Å². The molecule has 4 nitrogen and oxygen atoms in total. The zero-order valence-corrected chi connectivity index (χ0v) is 14.7. The molecule has 4 heteroatoms. The van der Waals surface area contributed by atoms with Crippen LogP contribution in [0, 0.1) is 5.92 Å². The van der Waals surface area contributed by atoms with Gasteiger partial charge in [0.2, 0.25) is 0 Å². The van der Waals surface area contributed by atoms with Crippen molar-refractivity contribution in [3.05, 3.63) is 42.5 Å². The van der Waals surface area contributed by atoms with E-state index in [-0.39, 0.29) is 18.4 Å². The van der Waals surface area contributed by atoms with E-state index in [2.05, 4.69) is 18.8 Å². The van der Waals surface area contributed by atoms with Crippen molar-refractivity contribution in [2.45, 2.75) is 45.1 Å². The lowest BCUT2D eigenvalue weighted by molar-refractivity contribution is 0.0621. The topological polar surface area (TPSA) is 52.6 Å². The first-order valence-electron chi connectivity index (χ1n) is 9.05. The normalized spacial score (nSPS) is 18.9. The molecule has 1 aromatic carbocycles. The van der Waals surface area contributed by atoms with Crippen molar-refractivity contribution in [3.63, 3.8) is 0 Å². The second-order valence-electron chi connectivity index (χ2n) is 6.64. The fourth-order valence-corrected chi connectivity index (χ4v) is 3.26. The quantitative estimate of drug-likeness (QED) is 0.715. The van der Waals surface area contributed by atoms with Gasteiger partial charge in [0, 0.05) is 37.0 Å². The highest BCUT2D eigenvalue weighted by Crippen LogP contribution is 2.20. The summed E-state index contributed by atoms with van der Waals surface area (Å²) in [6.07, 6.45) is 6.98. The summed E-state index contributed by atoms with van der Waals surface area (Å²) >= 11 is 0. The van der Waals surface area contributed by atoms with Crippen LogP contribution in [0.5, 0.6) is 0 Å². The molecule has 2 N–H and O–H groups in total. The van der Waals surface area contributed by atoms with Crippen molar-refractivity contribution in [2.75, 3.05) is 25.0 Å². The van der Waals surface area contributed by atoms with Gasteiger partial charge in [-0.2, -0.15) is 0 Å². The standard InChI is InChI=1S/C20H30N2O2/c1-3-5-10-18(4-2)21-19-11-6-9-17(13-19)20(24)22-12-7-8-16(14-22)15-23/h3,6,9,11,13,16,18,21,23H,1,4-5,7-8,10,12,14-15H2,2H3. The Balaban J connectivity index is 2.03. The van der Waals surface area contributed by atoms with E-state index in [0.717, 1.165) is 49.9 Å². The molecular weight excluding hydrogens is 300 g/mol. The Hall–Kier alpha value is -1.81. The maximum atomic E-state index is 12.7. The van der Waals surface area contributed by atoms with E-state index < -0.39 is 0 Å². The number of aliphatic hydroxyl groups is 1. The average Bonchev–Trinajstić information content (AvgIpc) is 2.64. The number of allylic oxidation sites excluding steroid dienone is 1. The monoisotopic (exact) mass is 330 g/mol. The van der Waals surface area contributed by atoms with Crippen LogP contribution in [0.1, 0.15) is 49.4 Å². The number of rotatable bonds is 8. The van der Waals surface area contributed by atoms with Crippen LogP contribution in [0.25, 0.3) is 0 Å². The lowest BCUT2D eigenvalue weighted by Gasteiger charge is -2.32. The molecule has 1 heterocycles. The minimum absolute atomic E-state index is 0.0657. The molecule has 1 fully saturated rings. The summed E-state index contributed by atoms with van der Waals surface area (Å²) in [5.41, 5.74) is 1.71. The fraction of sp³-hybridized carbons (Fsp3) is 0.550. The number of carbonyl (C=O) groups is 1. The number of nitrogens with one attached hydrogen (secondary N) is 1. The maximum Gasteiger partial charge on any atom is 0.253 e. The Labute approximate surface area is 145 Å². The van der Waals surface area contributed by atoms with Crippen molar-refractivity contribution < 1.29 is 9.90 Å². The minimum atomic E-state index is 0.0657.